The summed E-state index contributed by atoms with van der Waals surface area (Å²) in [5, 5.41) is 21.7. The number of fused-ring (bicyclic) bond motifs is 5. The minimum Gasteiger partial charge on any atom is -0.469 e. The summed E-state index contributed by atoms with van der Waals surface area (Å²) in [5.74, 6) is 1.61. The minimum absolute atomic E-state index is 0.0488. The molecular weight excluding hydrogens is 380 g/mol. The number of ketones is 1. The number of methoxy groups -OCH3 is 1. The summed E-state index contributed by atoms with van der Waals surface area (Å²) in [6, 6.07) is 0. The van der Waals surface area contributed by atoms with Gasteiger partial charge in [-0.2, -0.15) is 0 Å². The van der Waals surface area contributed by atoms with Crippen LogP contribution in [0.1, 0.15) is 78.6 Å². The zero-order valence-corrected chi connectivity index (χ0v) is 19.1. The molecule has 30 heavy (non-hydrogen) atoms. The Balaban J connectivity index is 1.59. The average molecular weight is 421 g/mol. The number of ether oxygens (including phenoxy) is 1. The fraction of sp³-hybridized carbons (Fsp3) is 0.920. The van der Waals surface area contributed by atoms with Crippen molar-refractivity contribution in [3.8, 4) is 0 Å². The van der Waals surface area contributed by atoms with Crippen LogP contribution < -0.4 is 0 Å². The number of hydrogen-bond acceptors (Lipinski definition) is 5. The van der Waals surface area contributed by atoms with Crippen LogP contribution in [0.4, 0.5) is 0 Å². The zero-order valence-electron chi connectivity index (χ0n) is 19.1. The normalized spacial score (nSPS) is 49.0. The van der Waals surface area contributed by atoms with Gasteiger partial charge in [-0.1, -0.05) is 20.8 Å². The number of aliphatic hydroxyl groups excluding tert-OH is 2. The van der Waals surface area contributed by atoms with Crippen LogP contribution in [0.15, 0.2) is 0 Å². The summed E-state index contributed by atoms with van der Waals surface area (Å²) in [6.45, 7) is 6.74. The highest BCUT2D eigenvalue weighted by Crippen LogP contribution is 2.67. The lowest BCUT2D eigenvalue weighted by Crippen LogP contribution is -2.61. The van der Waals surface area contributed by atoms with E-state index in [4.69, 9.17) is 4.74 Å². The van der Waals surface area contributed by atoms with Gasteiger partial charge in [-0.3, -0.25) is 9.59 Å². The van der Waals surface area contributed by atoms with E-state index in [1.807, 2.05) is 0 Å². The lowest BCUT2D eigenvalue weighted by molar-refractivity contribution is -0.182. The largest absolute Gasteiger partial charge is 0.469 e. The molecule has 0 saturated heterocycles. The number of carbonyl (C=O) groups is 2. The predicted octanol–water partition coefficient (Wildman–Crippen LogP) is 3.75. The summed E-state index contributed by atoms with van der Waals surface area (Å²) in [4.78, 5) is 25.1. The van der Waals surface area contributed by atoms with Crippen molar-refractivity contribution in [2.45, 2.75) is 90.8 Å². The molecule has 0 aromatic rings. The molecule has 0 heterocycles. The smallest absolute Gasteiger partial charge is 0.305 e. The van der Waals surface area contributed by atoms with Crippen molar-refractivity contribution in [3.05, 3.63) is 0 Å². The van der Waals surface area contributed by atoms with Crippen molar-refractivity contribution >= 4 is 11.8 Å². The van der Waals surface area contributed by atoms with E-state index in [1.54, 1.807) is 0 Å². The van der Waals surface area contributed by atoms with Crippen molar-refractivity contribution in [2.75, 3.05) is 7.11 Å². The highest BCUT2D eigenvalue weighted by molar-refractivity contribution is 5.83. The number of carbonyl (C=O) groups excluding carboxylic acids is 2. The first-order valence-corrected chi connectivity index (χ1v) is 12.1. The molecule has 4 rings (SSSR count). The molecule has 2 N–H and O–H groups in total. The minimum atomic E-state index is -0.410. The Morgan fingerprint density at radius 2 is 1.90 bits per heavy atom. The average Bonchev–Trinajstić information content (AvgIpc) is 3.06. The second-order valence-corrected chi connectivity index (χ2v) is 11.4. The first kappa shape index (κ1) is 22.3. The molecule has 4 fully saturated rings. The van der Waals surface area contributed by atoms with Crippen LogP contribution in [0.2, 0.25) is 0 Å². The summed E-state index contributed by atoms with van der Waals surface area (Å²) in [6.07, 6.45) is 6.32. The van der Waals surface area contributed by atoms with E-state index in [0.717, 1.165) is 38.5 Å². The van der Waals surface area contributed by atoms with Crippen molar-refractivity contribution in [3.63, 3.8) is 0 Å². The van der Waals surface area contributed by atoms with E-state index in [0.29, 0.717) is 36.9 Å². The summed E-state index contributed by atoms with van der Waals surface area (Å²) < 4.78 is 4.82. The molecule has 0 amide bonds. The van der Waals surface area contributed by atoms with Gasteiger partial charge in [0.15, 0.2) is 0 Å². The molecule has 0 aromatic carbocycles. The Hall–Kier alpha value is -0.940. The Kier molecular flexibility index (Phi) is 5.85. The van der Waals surface area contributed by atoms with Gasteiger partial charge in [0.05, 0.1) is 19.3 Å². The molecule has 0 aliphatic heterocycles. The van der Waals surface area contributed by atoms with Gasteiger partial charge >= 0.3 is 5.97 Å². The highest BCUT2D eigenvalue weighted by Gasteiger charge is 2.65. The zero-order chi connectivity index (χ0) is 21.8. The van der Waals surface area contributed by atoms with Crippen LogP contribution in [0.5, 0.6) is 0 Å². The molecule has 4 aliphatic carbocycles. The van der Waals surface area contributed by atoms with Gasteiger partial charge in [0.2, 0.25) is 0 Å². The third kappa shape index (κ3) is 3.26. The van der Waals surface area contributed by atoms with Gasteiger partial charge in [0.25, 0.3) is 0 Å². The summed E-state index contributed by atoms with van der Waals surface area (Å²) in [7, 11) is 1.43. The van der Waals surface area contributed by atoms with E-state index in [2.05, 4.69) is 20.8 Å². The maximum atomic E-state index is 13.4. The maximum Gasteiger partial charge on any atom is 0.305 e. The standard InChI is InChI=1S/C25H40O5/c1-14(5-8-22(29)30-4)17-6-7-18-23-19(13-21(28)25(17,18)3)24(2)10-9-16(26)11-15(24)12-20(23)27/h14-19,21,23,26,28H,5-13H2,1-4H3/t14-,15+,16-,17?,18?,19?,21+,23+,24+,25-/m1/s1. The molecule has 4 saturated carbocycles. The molecule has 0 radical (unpaired) electrons. The van der Waals surface area contributed by atoms with Crippen molar-refractivity contribution < 1.29 is 24.5 Å². The number of hydrogen-bond donors (Lipinski definition) is 2. The van der Waals surface area contributed by atoms with Crippen LogP contribution in [0.25, 0.3) is 0 Å². The first-order valence-electron chi connectivity index (χ1n) is 12.1. The second kappa shape index (κ2) is 7.88. The third-order valence-corrected chi connectivity index (χ3v) is 10.3. The van der Waals surface area contributed by atoms with Gasteiger partial charge in [0, 0.05) is 24.2 Å². The fourth-order valence-corrected chi connectivity index (χ4v) is 8.49. The Morgan fingerprint density at radius 3 is 2.60 bits per heavy atom. The van der Waals surface area contributed by atoms with E-state index in [-0.39, 0.29) is 46.6 Å². The molecule has 170 valence electrons. The van der Waals surface area contributed by atoms with E-state index in [9.17, 15) is 19.8 Å². The van der Waals surface area contributed by atoms with Crippen LogP contribution in [0.3, 0.4) is 0 Å². The Morgan fingerprint density at radius 1 is 1.17 bits per heavy atom. The second-order valence-electron chi connectivity index (χ2n) is 11.4. The lowest BCUT2D eigenvalue weighted by atomic mass is 9.43. The van der Waals surface area contributed by atoms with Gasteiger partial charge < -0.3 is 14.9 Å². The molecule has 0 bridgehead atoms. The molecule has 4 aliphatic rings. The van der Waals surface area contributed by atoms with E-state index < -0.39 is 6.10 Å². The number of esters is 1. The van der Waals surface area contributed by atoms with Crippen molar-refractivity contribution in [1.82, 2.24) is 0 Å². The predicted molar refractivity (Wildman–Crippen MR) is 113 cm³/mol. The van der Waals surface area contributed by atoms with Gasteiger partial charge in [-0.15, -0.1) is 0 Å². The summed E-state index contributed by atoms with van der Waals surface area (Å²) in [5.41, 5.74) is -0.210. The topological polar surface area (TPSA) is 83.8 Å². The molecule has 5 nitrogen and oxygen atoms in total. The van der Waals surface area contributed by atoms with Gasteiger partial charge in [-0.05, 0) is 80.0 Å². The summed E-state index contributed by atoms with van der Waals surface area (Å²) >= 11 is 0. The van der Waals surface area contributed by atoms with E-state index >= 15 is 0 Å². The molecular formula is C25H40O5. The van der Waals surface area contributed by atoms with Crippen LogP contribution >= 0.6 is 0 Å². The number of rotatable bonds is 4. The van der Waals surface area contributed by atoms with Crippen molar-refractivity contribution in [2.24, 2.45) is 46.3 Å². The highest BCUT2D eigenvalue weighted by atomic mass is 16.5. The van der Waals surface area contributed by atoms with Gasteiger partial charge in [-0.25, -0.2) is 0 Å². The van der Waals surface area contributed by atoms with Crippen molar-refractivity contribution in [1.29, 1.82) is 0 Å². The molecule has 10 atom stereocenters. The molecule has 3 unspecified atom stereocenters. The first-order chi connectivity index (χ1) is 14.1. The quantitative estimate of drug-likeness (QED) is 0.677. The molecule has 0 spiro atoms. The van der Waals surface area contributed by atoms with Crippen LogP contribution in [0, 0.1) is 46.3 Å². The van der Waals surface area contributed by atoms with Gasteiger partial charge in [0.1, 0.15) is 5.78 Å². The van der Waals surface area contributed by atoms with Crippen LogP contribution in [-0.2, 0) is 14.3 Å². The van der Waals surface area contributed by atoms with Crippen LogP contribution in [-0.4, -0.2) is 41.3 Å². The number of aliphatic hydroxyl groups is 2. The maximum absolute atomic E-state index is 13.4. The Labute approximate surface area is 180 Å². The third-order valence-electron chi connectivity index (χ3n) is 10.3. The van der Waals surface area contributed by atoms with E-state index in [1.165, 1.54) is 7.11 Å². The monoisotopic (exact) mass is 420 g/mol. The SMILES string of the molecule is COC(=O)CC[C@@H](C)C1CCC2[C@@H]3C(=O)C[C@@H]4C[C@H](O)CC[C@]4(C)C3C[C@H](O)[C@@]21C. The molecule has 0 aromatic heterocycles. The number of Topliss-reactive ketones (excluding diaryl/α,β-unsaturated/α-hetero) is 1. The fourth-order valence-electron chi connectivity index (χ4n) is 8.49. The lowest BCUT2D eigenvalue weighted by Gasteiger charge is -2.61. The Bertz CT molecular complexity index is 691. The molecule has 5 heteroatoms.